The van der Waals surface area contributed by atoms with Crippen molar-refractivity contribution >= 4 is 15.7 Å². The molecule has 1 amide bonds. The average molecular weight is 366 g/mol. The van der Waals surface area contributed by atoms with Gasteiger partial charge in [-0.3, -0.25) is 4.79 Å². The molecule has 0 unspecified atom stereocenters. The monoisotopic (exact) mass is 365 g/mol. The zero-order chi connectivity index (χ0) is 17.8. The topological polar surface area (TPSA) is 54.5 Å². The molecule has 140 valence electrons. The first kappa shape index (κ1) is 17.6. The van der Waals surface area contributed by atoms with Gasteiger partial charge in [0.05, 0.1) is 11.5 Å². The minimum absolute atomic E-state index is 0.0258. The molecular formula is C20H31NO3S. The zero-order valence-corrected chi connectivity index (χ0v) is 16.4. The number of hydrogen-bond donors (Lipinski definition) is 0. The summed E-state index contributed by atoms with van der Waals surface area (Å²) in [5, 5.41) is 0. The molecule has 4 nitrogen and oxygen atoms in total. The van der Waals surface area contributed by atoms with E-state index in [1.165, 1.54) is 44.1 Å². The van der Waals surface area contributed by atoms with E-state index in [2.05, 4.69) is 6.92 Å². The van der Waals surface area contributed by atoms with Gasteiger partial charge in [0.25, 0.3) is 0 Å². The third-order valence-corrected chi connectivity index (χ3v) is 9.24. The normalized spacial score (nSPS) is 41.9. The van der Waals surface area contributed by atoms with E-state index >= 15 is 0 Å². The molecule has 1 atom stereocenters. The van der Waals surface area contributed by atoms with Crippen molar-refractivity contribution in [1.82, 2.24) is 4.90 Å². The van der Waals surface area contributed by atoms with Crippen LogP contribution in [0.3, 0.4) is 0 Å². The molecule has 5 heteroatoms. The highest BCUT2D eigenvalue weighted by Crippen LogP contribution is 2.62. The summed E-state index contributed by atoms with van der Waals surface area (Å²) >= 11 is 0. The second-order valence-corrected chi connectivity index (χ2v) is 11.4. The molecule has 0 aromatic carbocycles. The van der Waals surface area contributed by atoms with Crippen molar-refractivity contribution < 1.29 is 13.2 Å². The molecular weight excluding hydrogens is 334 g/mol. The predicted molar refractivity (Wildman–Crippen MR) is 98.8 cm³/mol. The maximum Gasteiger partial charge on any atom is 0.246 e. The Morgan fingerprint density at radius 1 is 1.12 bits per heavy atom. The minimum Gasteiger partial charge on any atom is -0.335 e. The lowest BCUT2D eigenvalue weighted by molar-refractivity contribution is -0.127. The maximum absolute atomic E-state index is 12.9. The van der Waals surface area contributed by atoms with Crippen LogP contribution in [0.25, 0.3) is 0 Å². The Labute approximate surface area is 152 Å². The van der Waals surface area contributed by atoms with Crippen molar-refractivity contribution in [3.8, 4) is 0 Å². The molecule has 1 heterocycles. The van der Waals surface area contributed by atoms with Crippen LogP contribution in [0, 0.1) is 23.2 Å². The van der Waals surface area contributed by atoms with Crippen LogP contribution >= 0.6 is 0 Å². The first-order valence-electron chi connectivity index (χ1n) is 10.00. The first-order valence-corrected chi connectivity index (χ1v) is 11.8. The van der Waals surface area contributed by atoms with E-state index in [0.717, 1.165) is 17.8 Å². The van der Waals surface area contributed by atoms with Crippen molar-refractivity contribution in [2.24, 2.45) is 23.2 Å². The Morgan fingerprint density at radius 3 is 2.12 bits per heavy atom. The van der Waals surface area contributed by atoms with E-state index in [4.69, 9.17) is 0 Å². The fraction of sp³-hybridized carbons (Fsp3) is 0.850. The molecule has 1 saturated heterocycles. The van der Waals surface area contributed by atoms with Gasteiger partial charge in [-0.25, -0.2) is 8.42 Å². The minimum atomic E-state index is -2.96. The Balaban J connectivity index is 1.52. The van der Waals surface area contributed by atoms with Gasteiger partial charge in [-0.15, -0.1) is 0 Å². The second-order valence-electron chi connectivity index (χ2n) is 9.21. The standard InChI is InChI=1S/C20H31NO3S/c1-3-21(18-4-5-25(23,24)13-18)19(22)6-14(2)20-10-15-7-16(11-20)9-17(8-15)12-20/h6,15-18H,3-5,7-13H2,1-2H3/b14-6+/t15?,16?,17?,18-,20?/m0/s1. The lowest BCUT2D eigenvalue weighted by Gasteiger charge is -2.57. The van der Waals surface area contributed by atoms with Gasteiger partial charge in [0.15, 0.2) is 9.84 Å². The molecule has 4 aliphatic carbocycles. The third-order valence-electron chi connectivity index (χ3n) is 7.49. The van der Waals surface area contributed by atoms with Gasteiger partial charge in [0, 0.05) is 18.7 Å². The number of hydrogen-bond acceptors (Lipinski definition) is 3. The lowest BCUT2D eigenvalue weighted by Crippen LogP contribution is -2.47. The van der Waals surface area contributed by atoms with Crippen molar-refractivity contribution in [1.29, 1.82) is 0 Å². The lowest BCUT2D eigenvalue weighted by atomic mass is 9.48. The van der Waals surface area contributed by atoms with Crippen LogP contribution in [0.5, 0.6) is 0 Å². The van der Waals surface area contributed by atoms with Crippen molar-refractivity contribution in [2.75, 3.05) is 18.1 Å². The van der Waals surface area contributed by atoms with E-state index in [9.17, 15) is 13.2 Å². The van der Waals surface area contributed by atoms with Gasteiger partial charge in [-0.05, 0) is 82.0 Å². The van der Waals surface area contributed by atoms with Gasteiger partial charge < -0.3 is 4.90 Å². The summed E-state index contributed by atoms with van der Waals surface area (Å²) in [6.07, 6.45) is 10.5. The Morgan fingerprint density at radius 2 is 1.68 bits per heavy atom. The van der Waals surface area contributed by atoms with Crippen LogP contribution in [0.15, 0.2) is 11.6 Å². The van der Waals surface area contributed by atoms with Crippen LogP contribution < -0.4 is 0 Å². The van der Waals surface area contributed by atoms with Crippen molar-refractivity contribution in [3.05, 3.63) is 11.6 Å². The summed E-state index contributed by atoms with van der Waals surface area (Å²) in [6, 6.07) is -0.136. The Hall–Kier alpha value is -0.840. The SMILES string of the molecule is CCN(C(=O)/C=C(\C)C12CC3CC(CC(C3)C1)C2)[C@H]1CCS(=O)(=O)C1. The predicted octanol–water partition coefficient (Wildman–Crippen LogP) is 3.18. The summed E-state index contributed by atoms with van der Waals surface area (Å²) in [6.45, 7) is 4.70. The molecule has 0 aromatic rings. The highest BCUT2D eigenvalue weighted by molar-refractivity contribution is 7.91. The number of carbonyl (C=O) groups is 1. The van der Waals surface area contributed by atoms with Gasteiger partial charge >= 0.3 is 0 Å². The second kappa shape index (κ2) is 6.11. The number of sulfone groups is 1. The van der Waals surface area contributed by atoms with Gasteiger partial charge in [-0.2, -0.15) is 0 Å². The summed E-state index contributed by atoms with van der Waals surface area (Å²) in [5.41, 5.74) is 1.52. The molecule has 0 spiro atoms. The molecule has 0 N–H and O–H groups in total. The van der Waals surface area contributed by atoms with Gasteiger partial charge in [0.1, 0.15) is 0 Å². The average Bonchev–Trinajstić information content (AvgIpc) is 2.86. The largest absolute Gasteiger partial charge is 0.335 e. The summed E-state index contributed by atoms with van der Waals surface area (Å²) in [5.74, 6) is 2.99. The Bertz CT molecular complexity index is 658. The maximum atomic E-state index is 12.9. The molecule has 25 heavy (non-hydrogen) atoms. The molecule has 5 fully saturated rings. The highest BCUT2D eigenvalue weighted by atomic mass is 32.2. The van der Waals surface area contributed by atoms with Crippen molar-refractivity contribution in [2.45, 2.75) is 64.8 Å². The molecule has 4 saturated carbocycles. The van der Waals surface area contributed by atoms with Gasteiger partial charge in [0.2, 0.25) is 5.91 Å². The number of nitrogens with zero attached hydrogens (tertiary/aromatic N) is 1. The molecule has 0 aromatic heterocycles. The van der Waals surface area contributed by atoms with Crippen LogP contribution in [0.2, 0.25) is 0 Å². The smallest absolute Gasteiger partial charge is 0.246 e. The number of allylic oxidation sites excluding steroid dienone is 1. The number of likely N-dealkylation sites (N-methyl/N-ethyl adjacent to an activating group) is 1. The van der Waals surface area contributed by atoms with Crippen LogP contribution in [-0.2, 0) is 14.6 Å². The third kappa shape index (κ3) is 3.17. The fourth-order valence-corrected chi connectivity index (χ4v) is 8.36. The molecule has 5 rings (SSSR count). The first-order chi connectivity index (χ1) is 11.8. The van der Waals surface area contributed by atoms with Crippen molar-refractivity contribution in [3.63, 3.8) is 0 Å². The highest BCUT2D eigenvalue weighted by Gasteiger charge is 2.51. The quantitative estimate of drug-likeness (QED) is 0.719. The summed E-state index contributed by atoms with van der Waals surface area (Å²) in [7, 11) is -2.96. The van der Waals surface area contributed by atoms with Crippen LogP contribution in [-0.4, -0.2) is 43.3 Å². The number of amides is 1. The van der Waals surface area contributed by atoms with E-state index in [-0.39, 0.29) is 28.9 Å². The van der Waals surface area contributed by atoms with E-state index in [1.54, 1.807) is 4.90 Å². The summed E-state index contributed by atoms with van der Waals surface area (Å²) in [4.78, 5) is 14.7. The van der Waals surface area contributed by atoms with E-state index in [1.807, 2.05) is 13.0 Å². The van der Waals surface area contributed by atoms with Crippen LogP contribution in [0.1, 0.15) is 58.8 Å². The molecule has 4 bridgehead atoms. The number of carbonyl (C=O) groups excluding carboxylic acids is 1. The molecule has 0 radical (unpaired) electrons. The Kier molecular flexibility index (Phi) is 4.29. The molecule has 5 aliphatic rings. The van der Waals surface area contributed by atoms with Crippen LogP contribution in [0.4, 0.5) is 0 Å². The fourth-order valence-electron chi connectivity index (χ4n) is 6.63. The van der Waals surface area contributed by atoms with Gasteiger partial charge in [-0.1, -0.05) is 5.57 Å². The summed E-state index contributed by atoms with van der Waals surface area (Å²) < 4.78 is 23.6. The zero-order valence-electron chi connectivity index (χ0n) is 15.5. The number of rotatable bonds is 4. The van der Waals surface area contributed by atoms with E-state index < -0.39 is 9.84 Å². The van der Waals surface area contributed by atoms with E-state index in [0.29, 0.717) is 13.0 Å². The molecule has 1 aliphatic heterocycles.